The van der Waals surface area contributed by atoms with Crippen LogP contribution in [0.15, 0.2) is 35.5 Å². The van der Waals surface area contributed by atoms with Crippen LogP contribution in [-0.2, 0) is 24.2 Å². The molecule has 6 nitrogen and oxygen atoms in total. The molecule has 1 aromatic carbocycles. The van der Waals surface area contributed by atoms with E-state index in [1.165, 1.54) is 16.6 Å². The fourth-order valence-corrected chi connectivity index (χ4v) is 5.83. The van der Waals surface area contributed by atoms with Crippen LogP contribution in [0.25, 0.3) is 0 Å². The Bertz CT molecular complexity index is 1100. The summed E-state index contributed by atoms with van der Waals surface area (Å²) in [6.45, 7) is 4.81. The number of amides is 1. The molecule has 1 N–H and O–H groups in total. The first-order valence-electron chi connectivity index (χ1n) is 9.96. The van der Waals surface area contributed by atoms with Crippen molar-refractivity contribution in [1.29, 1.82) is 5.26 Å². The summed E-state index contributed by atoms with van der Waals surface area (Å²) in [5.41, 5.74) is 2.92. The van der Waals surface area contributed by atoms with Gasteiger partial charge < -0.3 is 9.88 Å². The first kappa shape index (κ1) is 20.6. The number of anilines is 1. The molecule has 0 spiro atoms. The van der Waals surface area contributed by atoms with E-state index in [0.717, 1.165) is 36.2 Å². The third kappa shape index (κ3) is 4.42. The molecular weight excluding hydrogens is 414 g/mol. The predicted octanol–water partition coefficient (Wildman–Crippen LogP) is 4.42. The minimum Gasteiger partial charge on any atom is -0.316 e. The Morgan fingerprint density at radius 2 is 2.17 bits per heavy atom. The fourth-order valence-electron chi connectivity index (χ4n) is 3.67. The Hall–Kier alpha value is -2.63. The number of carbonyl (C=O) groups excluding carboxylic acids is 1. The lowest BCUT2D eigenvalue weighted by Gasteiger charge is -2.17. The topological polar surface area (TPSA) is 83.6 Å². The molecule has 30 heavy (non-hydrogen) atoms. The summed E-state index contributed by atoms with van der Waals surface area (Å²) in [5.74, 6) is 1.53. The second-order valence-electron chi connectivity index (χ2n) is 7.61. The molecule has 1 aliphatic rings. The quantitative estimate of drug-likeness (QED) is 0.577. The summed E-state index contributed by atoms with van der Waals surface area (Å²) < 4.78 is 2.01. The zero-order valence-corrected chi connectivity index (χ0v) is 18.6. The standard InChI is InChI=1S/C22H23N5OS2/c1-14-8-9-17-18(11-23)21(30-19(17)10-14)24-20(28)13-29-22-26-25-15(2)27(22)12-16-6-4-3-5-7-16/h3-7,14H,8-10,12-13H2,1-2H3,(H,24,28)/t14-/m1/s1. The average molecular weight is 438 g/mol. The van der Waals surface area contributed by atoms with Gasteiger partial charge in [0.2, 0.25) is 5.91 Å². The summed E-state index contributed by atoms with van der Waals surface area (Å²) in [6, 6.07) is 12.4. The first-order valence-corrected chi connectivity index (χ1v) is 11.8. The third-order valence-corrected chi connectivity index (χ3v) is 7.43. The second kappa shape index (κ2) is 9.02. The van der Waals surface area contributed by atoms with Crippen molar-refractivity contribution in [2.75, 3.05) is 11.1 Å². The van der Waals surface area contributed by atoms with Crippen LogP contribution in [0.2, 0.25) is 0 Å². The summed E-state index contributed by atoms with van der Waals surface area (Å²) in [6.07, 6.45) is 3.00. The van der Waals surface area contributed by atoms with Gasteiger partial charge in [-0.15, -0.1) is 21.5 Å². The number of nitriles is 1. The summed E-state index contributed by atoms with van der Waals surface area (Å²) >= 11 is 2.91. The van der Waals surface area contributed by atoms with Crippen molar-refractivity contribution in [3.05, 3.63) is 57.7 Å². The summed E-state index contributed by atoms with van der Waals surface area (Å²) in [7, 11) is 0. The van der Waals surface area contributed by atoms with Crippen molar-refractivity contribution >= 4 is 34.0 Å². The molecule has 0 fully saturated rings. The highest BCUT2D eigenvalue weighted by Gasteiger charge is 2.24. The van der Waals surface area contributed by atoms with Gasteiger partial charge in [0.25, 0.3) is 0 Å². The van der Waals surface area contributed by atoms with Crippen LogP contribution < -0.4 is 5.32 Å². The van der Waals surface area contributed by atoms with Gasteiger partial charge in [0.15, 0.2) is 5.16 Å². The maximum absolute atomic E-state index is 12.6. The number of benzene rings is 1. The van der Waals surface area contributed by atoms with Crippen molar-refractivity contribution < 1.29 is 4.79 Å². The fraction of sp³-hybridized carbons (Fsp3) is 0.364. The van der Waals surface area contributed by atoms with E-state index in [4.69, 9.17) is 0 Å². The van der Waals surface area contributed by atoms with E-state index in [0.29, 0.717) is 28.2 Å². The Labute approximate surface area is 184 Å². The molecule has 3 aromatic rings. The van der Waals surface area contributed by atoms with Crippen LogP contribution in [0.5, 0.6) is 0 Å². The normalized spacial score (nSPS) is 15.4. The molecular formula is C22H23N5OS2. The summed E-state index contributed by atoms with van der Waals surface area (Å²) in [5, 5.41) is 22.4. The van der Waals surface area contributed by atoms with Crippen LogP contribution in [0.3, 0.4) is 0 Å². The summed E-state index contributed by atoms with van der Waals surface area (Å²) in [4.78, 5) is 13.9. The Morgan fingerprint density at radius 1 is 1.37 bits per heavy atom. The largest absolute Gasteiger partial charge is 0.316 e. The molecule has 0 saturated carbocycles. The molecule has 1 atom stereocenters. The SMILES string of the molecule is Cc1nnc(SCC(=O)Nc2sc3c(c2C#N)CC[C@@H](C)C3)n1Cc1ccccc1. The van der Waals surface area contributed by atoms with Crippen molar-refractivity contribution in [2.45, 2.75) is 44.8 Å². The second-order valence-corrected chi connectivity index (χ2v) is 9.65. The molecule has 2 heterocycles. The minimum absolute atomic E-state index is 0.130. The van der Waals surface area contributed by atoms with Gasteiger partial charge in [-0.3, -0.25) is 4.79 Å². The number of nitrogens with zero attached hydrogens (tertiary/aromatic N) is 4. The molecule has 0 bridgehead atoms. The molecule has 0 aliphatic heterocycles. The number of nitrogens with one attached hydrogen (secondary N) is 1. The van der Waals surface area contributed by atoms with Crippen LogP contribution in [0.1, 0.15) is 40.7 Å². The van der Waals surface area contributed by atoms with Crippen LogP contribution in [0, 0.1) is 24.2 Å². The number of hydrogen-bond donors (Lipinski definition) is 1. The van der Waals surface area contributed by atoms with Gasteiger partial charge >= 0.3 is 0 Å². The van der Waals surface area contributed by atoms with E-state index >= 15 is 0 Å². The van der Waals surface area contributed by atoms with E-state index in [9.17, 15) is 10.1 Å². The Balaban J connectivity index is 1.42. The molecule has 8 heteroatoms. The molecule has 0 radical (unpaired) electrons. The molecule has 0 saturated heterocycles. The van der Waals surface area contributed by atoms with E-state index < -0.39 is 0 Å². The number of thiophene rings is 1. The van der Waals surface area contributed by atoms with Gasteiger partial charge in [0.1, 0.15) is 16.9 Å². The predicted molar refractivity (Wildman–Crippen MR) is 120 cm³/mol. The number of hydrogen-bond acceptors (Lipinski definition) is 6. The van der Waals surface area contributed by atoms with Gasteiger partial charge in [0, 0.05) is 4.88 Å². The van der Waals surface area contributed by atoms with Crippen molar-refractivity contribution in [2.24, 2.45) is 5.92 Å². The maximum Gasteiger partial charge on any atom is 0.235 e. The first-order chi connectivity index (χ1) is 14.5. The monoisotopic (exact) mass is 437 g/mol. The average Bonchev–Trinajstić information content (AvgIpc) is 3.26. The lowest BCUT2D eigenvalue weighted by atomic mass is 9.89. The van der Waals surface area contributed by atoms with Crippen molar-refractivity contribution in [3.8, 4) is 6.07 Å². The van der Waals surface area contributed by atoms with Gasteiger partial charge in [-0.05, 0) is 43.2 Å². The molecule has 154 valence electrons. The molecule has 2 aromatic heterocycles. The lowest BCUT2D eigenvalue weighted by molar-refractivity contribution is -0.113. The number of rotatable bonds is 6. The van der Waals surface area contributed by atoms with Crippen LogP contribution >= 0.6 is 23.1 Å². The van der Waals surface area contributed by atoms with E-state index in [-0.39, 0.29) is 11.7 Å². The van der Waals surface area contributed by atoms with Gasteiger partial charge in [0.05, 0.1) is 17.9 Å². The van der Waals surface area contributed by atoms with Crippen LogP contribution in [-0.4, -0.2) is 26.4 Å². The van der Waals surface area contributed by atoms with E-state index in [1.807, 2.05) is 29.7 Å². The number of aryl methyl sites for hydroxylation is 1. The van der Waals surface area contributed by atoms with Gasteiger partial charge in [-0.2, -0.15) is 5.26 Å². The number of fused-ring (bicyclic) bond motifs is 1. The van der Waals surface area contributed by atoms with Gasteiger partial charge in [-0.1, -0.05) is 49.0 Å². The highest BCUT2D eigenvalue weighted by molar-refractivity contribution is 7.99. The molecule has 0 unspecified atom stereocenters. The molecule has 1 aliphatic carbocycles. The number of aromatic nitrogens is 3. The van der Waals surface area contributed by atoms with E-state index in [2.05, 4.69) is 40.6 Å². The smallest absolute Gasteiger partial charge is 0.235 e. The lowest BCUT2D eigenvalue weighted by Crippen LogP contribution is -2.15. The minimum atomic E-state index is -0.130. The number of carbonyl (C=O) groups is 1. The van der Waals surface area contributed by atoms with Crippen molar-refractivity contribution in [1.82, 2.24) is 14.8 Å². The Morgan fingerprint density at radius 3 is 2.93 bits per heavy atom. The maximum atomic E-state index is 12.6. The number of thioether (sulfide) groups is 1. The third-order valence-electron chi connectivity index (χ3n) is 5.29. The zero-order valence-electron chi connectivity index (χ0n) is 17.0. The Kier molecular flexibility index (Phi) is 6.21. The highest BCUT2D eigenvalue weighted by atomic mass is 32.2. The molecule has 4 rings (SSSR count). The van der Waals surface area contributed by atoms with E-state index in [1.54, 1.807) is 11.3 Å². The molecule has 1 amide bonds. The zero-order chi connectivity index (χ0) is 21.1. The van der Waals surface area contributed by atoms with Crippen molar-refractivity contribution in [3.63, 3.8) is 0 Å². The van der Waals surface area contributed by atoms with Crippen LogP contribution in [0.4, 0.5) is 5.00 Å². The highest BCUT2D eigenvalue weighted by Crippen LogP contribution is 2.39. The van der Waals surface area contributed by atoms with Gasteiger partial charge in [-0.25, -0.2) is 0 Å².